The Morgan fingerprint density at radius 2 is 2.03 bits per heavy atom. The van der Waals surface area contributed by atoms with Crippen LogP contribution >= 0.6 is 11.3 Å². The van der Waals surface area contributed by atoms with Crippen LogP contribution < -0.4 is 10.1 Å². The highest BCUT2D eigenvalue weighted by Gasteiger charge is 2.26. The number of ether oxygens (including phenoxy) is 2. The topological polar surface area (TPSA) is 119 Å². The van der Waals surface area contributed by atoms with Crippen molar-refractivity contribution in [2.75, 3.05) is 38.2 Å². The van der Waals surface area contributed by atoms with Crippen molar-refractivity contribution in [2.45, 2.75) is 25.4 Å². The predicted molar refractivity (Wildman–Crippen MR) is 125 cm³/mol. The standard InChI is InChI=1S/C23H24N6O4S/c30-19(12-22-27-28-23(34-22)18-13-24-5-6-25-18)15-1-4-20(33-16-2-3-16)17(11-15)26-21(31)14-29-7-9-32-10-8-29/h1,4-6,11,13,16H,2-3,7-10,12,14H2,(H,26,31). The summed E-state index contributed by atoms with van der Waals surface area (Å²) >= 11 is 1.31. The molecule has 11 heteroatoms. The molecule has 5 rings (SSSR count). The molecule has 176 valence electrons. The summed E-state index contributed by atoms with van der Waals surface area (Å²) in [4.78, 5) is 36.0. The molecule has 0 radical (unpaired) electrons. The van der Waals surface area contributed by atoms with E-state index in [0.717, 1.165) is 25.9 Å². The number of rotatable bonds is 9. The average molecular weight is 481 g/mol. The highest BCUT2D eigenvalue weighted by molar-refractivity contribution is 7.14. The molecule has 0 unspecified atom stereocenters. The summed E-state index contributed by atoms with van der Waals surface area (Å²) in [6.45, 7) is 2.95. The Morgan fingerprint density at radius 1 is 1.18 bits per heavy atom. The van der Waals surface area contributed by atoms with E-state index in [2.05, 4.69) is 25.5 Å². The number of carbonyl (C=O) groups is 2. The fourth-order valence-corrected chi connectivity index (χ4v) is 4.30. The van der Waals surface area contributed by atoms with Gasteiger partial charge in [-0.25, -0.2) is 0 Å². The van der Waals surface area contributed by atoms with Crippen LogP contribution in [0.5, 0.6) is 5.75 Å². The third kappa shape index (κ3) is 5.79. The van der Waals surface area contributed by atoms with Gasteiger partial charge in [-0.15, -0.1) is 10.2 Å². The van der Waals surface area contributed by atoms with E-state index in [1.165, 1.54) is 11.3 Å². The smallest absolute Gasteiger partial charge is 0.238 e. The molecule has 1 saturated heterocycles. The Balaban J connectivity index is 1.28. The summed E-state index contributed by atoms with van der Waals surface area (Å²) in [6, 6.07) is 5.16. The number of morpholine rings is 1. The maximum atomic E-state index is 13.0. The zero-order valence-corrected chi connectivity index (χ0v) is 19.3. The van der Waals surface area contributed by atoms with Crippen molar-refractivity contribution in [2.24, 2.45) is 0 Å². The third-order valence-electron chi connectivity index (χ3n) is 5.43. The quantitative estimate of drug-likeness (QED) is 0.460. The van der Waals surface area contributed by atoms with Gasteiger partial charge in [0.25, 0.3) is 0 Å². The number of nitrogens with one attached hydrogen (secondary N) is 1. The highest BCUT2D eigenvalue weighted by Crippen LogP contribution is 2.33. The molecule has 1 N–H and O–H groups in total. The van der Waals surface area contributed by atoms with Gasteiger partial charge in [-0.05, 0) is 31.0 Å². The van der Waals surface area contributed by atoms with Crippen LogP contribution in [0.15, 0.2) is 36.8 Å². The Bertz CT molecular complexity index is 1160. The molecule has 34 heavy (non-hydrogen) atoms. The molecule has 2 aromatic heterocycles. The molecule has 3 heterocycles. The van der Waals surface area contributed by atoms with Crippen molar-refractivity contribution < 1.29 is 19.1 Å². The van der Waals surface area contributed by atoms with Crippen LogP contribution in [-0.2, 0) is 16.0 Å². The molecule has 10 nitrogen and oxygen atoms in total. The summed E-state index contributed by atoms with van der Waals surface area (Å²) in [5, 5.41) is 12.4. The largest absolute Gasteiger partial charge is 0.488 e. The molecular weight excluding hydrogens is 456 g/mol. The highest BCUT2D eigenvalue weighted by atomic mass is 32.1. The van der Waals surface area contributed by atoms with E-state index in [4.69, 9.17) is 9.47 Å². The summed E-state index contributed by atoms with van der Waals surface area (Å²) in [7, 11) is 0. The van der Waals surface area contributed by atoms with Crippen molar-refractivity contribution in [1.82, 2.24) is 25.1 Å². The molecule has 2 fully saturated rings. The van der Waals surface area contributed by atoms with E-state index in [1.807, 2.05) is 4.90 Å². The first kappa shape index (κ1) is 22.5. The number of ketones is 1. The molecule has 1 saturated carbocycles. The van der Waals surface area contributed by atoms with Gasteiger partial charge in [0, 0.05) is 31.0 Å². The van der Waals surface area contributed by atoms with E-state index in [9.17, 15) is 9.59 Å². The molecule has 0 spiro atoms. The molecule has 2 aliphatic rings. The van der Waals surface area contributed by atoms with Crippen LogP contribution in [0, 0.1) is 0 Å². The van der Waals surface area contributed by atoms with E-state index >= 15 is 0 Å². The SMILES string of the molecule is O=C(CN1CCOCC1)Nc1cc(C(=O)Cc2nnc(-c3cnccn3)s2)ccc1OC1CC1. The number of Topliss-reactive ketones (excluding diaryl/α,β-unsaturated/α-hetero) is 1. The maximum absolute atomic E-state index is 13.0. The van der Waals surface area contributed by atoms with Gasteiger partial charge >= 0.3 is 0 Å². The lowest BCUT2D eigenvalue weighted by atomic mass is 10.1. The maximum Gasteiger partial charge on any atom is 0.238 e. The van der Waals surface area contributed by atoms with E-state index in [0.29, 0.717) is 45.9 Å². The third-order valence-corrected chi connectivity index (χ3v) is 6.37. The summed E-state index contributed by atoms with van der Waals surface area (Å²) < 4.78 is 11.3. The van der Waals surface area contributed by atoms with Crippen LogP contribution in [0.25, 0.3) is 10.7 Å². The number of hydrogen-bond acceptors (Lipinski definition) is 10. The van der Waals surface area contributed by atoms with Crippen LogP contribution in [0.1, 0.15) is 28.2 Å². The minimum atomic E-state index is -0.148. The van der Waals surface area contributed by atoms with Gasteiger partial charge in [0.15, 0.2) is 10.8 Å². The van der Waals surface area contributed by atoms with Crippen LogP contribution in [-0.4, -0.2) is 75.7 Å². The van der Waals surface area contributed by atoms with Gasteiger partial charge in [-0.3, -0.25) is 24.5 Å². The zero-order chi connectivity index (χ0) is 23.3. The summed E-state index contributed by atoms with van der Waals surface area (Å²) in [5.74, 6) is 0.309. The van der Waals surface area contributed by atoms with Crippen LogP contribution in [0.2, 0.25) is 0 Å². The number of benzene rings is 1. The first-order valence-electron chi connectivity index (χ1n) is 11.2. The molecule has 3 aromatic rings. The first-order chi connectivity index (χ1) is 16.6. The number of nitrogens with zero attached hydrogens (tertiary/aromatic N) is 5. The zero-order valence-electron chi connectivity index (χ0n) is 18.5. The lowest BCUT2D eigenvalue weighted by molar-refractivity contribution is -0.118. The Labute approximate surface area is 200 Å². The average Bonchev–Trinajstić information content (AvgIpc) is 3.56. The molecular formula is C23H24N6O4S. The van der Waals surface area contributed by atoms with Gasteiger partial charge in [0.05, 0.1) is 44.2 Å². The van der Waals surface area contributed by atoms with Gasteiger partial charge < -0.3 is 14.8 Å². The normalized spacial score (nSPS) is 16.2. The monoisotopic (exact) mass is 480 g/mol. The summed E-state index contributed by atoms with van der Waals surface area (Å²) in [5.41, 5.74) is 1.60. The van der Waals surface area contributed by atoms with Crippen molar-refractivity contribution in [3.05, 3.63) is 47.4 Å². The predicted octanol–water partition coefficient (Wildman–Crippen LogP) is 2.23. The van der Waals surface area contributed by atoms with Crippen molar-refractivity contribution >= 4 is 28.7 Å². The molecule has 1 aliphatic carbocycles. The van der Waals surface area contributed by atoms with Gasteiger partial charge in [0.1, 0.15) is 16.5 Å². The van der Waals surface area contributed by atoms with Crippen LogP contribution in [0.3, 0.4) is 0 Å². The van der Waals surface area contributed by atoms with Crippen molar-refractivity contribution in [1.29, 1.82) is 0 Å². The number of carbonyl (C=O) groups excluding carboxylic acids is 2. The number of aromatic nitrogens is 4. The first-order valence-corrected chi connectivity index (χ1v) is 12.0. The second kappa shape index (κ2) is 10.3. The molecule has 1 aliphatic heterocycles. The van der Waals surface area contributed by atoms with Crippen molar-refractivity contribution in [3.63, 3.8) is 0 Å². The molecule has 0 bridgehead atoms. The molecule has 1 amide bonds. The second-order valence-electron chi connectivity index (χ2n) is 8.16. The number of anilines is 1. The second-order valence-corrected chi connectivity index (χ2v) is 9.22. The Hall–Kier alpha value is -3.28. The summed E-state index contributed by atoms with van der Waals surface area (Å²) in [6.07, 6.45) is 7.03. The fourth-order valence-electron chi connectivity index (χ4n) is 3.50. The minimum absolute atomic E-state index is 0.0991. The fraction of sp³-hybridized carbons (Fsp3) is 0.391. The van der Waals surface area contributed by atoms with E-state index in [-0.39, 0.29) is 30.8 Å². The molecule has 0 atom stereocenters. The Kier molecular flexibility index (Phi) is 6.84. The van der Waals surface area contributed by atoms with Gasteiger partial charge in [-0.1, -0.05) is 11.3 Å². The number of amides is 1. The Morgan fingerprint density at radius 3 is 2.79 bits per heavy atom. The lowest BCUT2D eigenvalue weighted by Crippen LogP contribution is -2.41. The minimum Gasteiger partial charge on any atom is -0.488 e. The number of hydrogen-bond donors (Lipinski definition) is 1. The van der Waals surface area contributed by atoms with Gasteiger partial charge in [0.2, 0.25) is 5.91 Å². The van der Waals surface area contributed by atoms with E-state index in [1.54, 1.807) is 36.8 Å². The van der Waals surface area contributed by atoms with E-state index < -0.39 is 0 Å². The van der Waals surface area contributed by atoms with Crippen LogP contribution in [0.4, 0.5) is 5.69 Å². The van der Waals surface area contributed by atoms with Gasteiger partial charge in [-0.2, -0.15) is 0 Å². The van der Waals surface area contributed by atoms with Crippen molar-refractivity contribution in [3.8, 4) is 16.5 Å². The lowest BCUT2D eigenvalue weighted by Gasteiger charge is -2.26. The molecule has 1 aromatic carbocycles.